The molecule has 6 aromatic carbocycles. The number of nitrogens with zero attached hydrogens (tertiary/aromatic N) is 3. The summed E-state index contributed by atoms with van der Waals surface area (Å²) in [5, 5.41) is 2.54. The fraction of sp³-hybridized carbons (Fsp3) is 0.0426. The lowest BCUT2D eigenvalue weighted by atomic mass is 9.88. The Morgan fingerprint density at radius 2 is 1.18 bits per heavy atom. The van der Waals surface area contributed by atoms with Crippen LogP contribution in [0.3, 0.4) is 0 Å². The van der Waals surface area contributed by atoms with Gasteiger partial charge in [0.2, 0.25) is 0 Å². The fourth-order valence-electron chi connectivity index (χ4n) is 8.00. The van der Waals surface area contributed by atoms with Crippen molar-refractivity contribution in [1.82, 2.24) is 9.55 Å². The zero-order valence-corrected chi connectivity index (χ0v) is 27.4. The van der Waals surface area contributed by atoms with Crippen LogP contribution < -0.4 is 4.90 Å². The molecule has 3 nitrogen and oxygen atoms in total. The Balaban J connectivity index is 1.11. The molecule has 1 aliphatic heterocycles. The third-order valence-corrected chi connectivity index (χ3v) is 10.3. The van der Waals surface area contributed by atoms with Crippen LogP contribution in [-0.4, -0.2) is 15.6 Å². The van der Waals surface area contributed by atoms with Gasteiger partial charge >= 0.3 is 0 Å². The maximum atomic E-state index is 5.39. The summed E-state index contributed by atoms with van der Waals surface area (Å²) in [7, 11) is 0. The van der Waals surface area contributed by atoms with Gasteiger partial charge in [0.1, 0.15) is 5.82 Å². The van der Waals surface area contributed by atoms with Gasteiger partial charge in [0.05, 0.1) is 28.5 Å². The topological polar surface area (TPSA) is 21.1 Å². The van der Waals surface area contributed by atoms with Gasteiger partial charge in [-0.15, -0.1) is 0 Å². The molecule has 3 heterocycles. The maximum Gasteiger partial charge on any atom is 0.134 e. The fourth-order valence-corrected chi connectivity index (χ4v) is 8.00. The van der Waals surface area contributed by atoms with Crippen molar-refractivity contribution in [2.45, 2.75) is 12.5 Å². The minimum Gasteiger partial charge on any atom is -0.318 e. The van der Waals surface area contributed by atoms with Crippen molar-refractivity contribution in [3.63, 3.8) is 0 Å². The molecule has 50 heavy (non-hydrogen) atoms. The summed E-state index contributed by atoms with van der Waals surface area (Å²) in [6.07, 6.45) is 5.56. The molecule has 0 N–H and O–H groups in total. The summed E-state index contributed by atoms with van der Waals surface area (Å²) in [6.45, 7) is 0. The molecular weight excluding hydrogens is 607 g/mol. The summed E-state index contributed by atoms with van der Waals surface area (Å²) in [5.74, 6) is 0.965. The highest BCUT2D eigenvalue weighted by molar-refractivity contribution is 6.10. The lowest BCUT2D eigenvalue weighted by Crippen LogP contribution is -2.29. The normalized spacial score (nSPS) is 15.1. The molecule has 2 aliphatic rings. The first kappa shape index (κ1) is 28.6. The predicted octanol–water partition coefficient (Wildman–Crippen LogP) is 11.9. The van der Waals surface area contributed by atoms with Gasteiger partial charge in [0.25, 0.3) is 0 Å². The van der Waals surface area contributed by atoms with Crippen LogP contribution in [0.25, 0.3) is 61.0 Å². The molecule has 10 rings (SSSR count). The number of fused-ring (bicyclic) bond motifs is 6. The van der Waals surface area contributed by atoms with Crippen LogP contribution in [-0.2, 0) is 0 Å². The Kier molecular flexibility index (Phi) is 6.63. The number of benzene rings is 6. The highest BCUT2D eigenvalue weighted by atomic mass is 15.2. The molecule has 0 bridgehead atoms. The van der Waals surface area contributed by atoms with Crippen LogP contribution in [0.5, 0.6) is 0 Å². The van der Waals surface area contributed by atoms with E-state index in [2.05, 4.69) is 191 Å². The van der Waals surface area contributed by atoms with E-state index in [4.69, 9.17) is 4.98 Å². The second-order valence-corrected chi connectivity index (χ2v) is 13.2. The minimum atomic E-state index is 0.116. The standard InChI is InChI=1S/C47H33N3/c1-4-14-32(15-5-1)36-28-42(33-16-6-2-7-17-33)48-47(31-36)50-44-23-13-11-21-39(44)41-27-25-35(30-46(41)50)34-24-26-40-38-20-10-12-22-43(38)49(45(40)29-34)37-18-8-3-9-19-37/h1-29,31,46H,30H2. The van der Waals surface area contributed by atoms with Crippen LogP contribution >= 0.6 is 0 Å². The average Bonchev–Trinajstić information content (AvgIpc) is 3.71. The highest BCUT2D eigenvalue weighted by Crippen LogP contribution is 2.50. The van der Waals surface area contributed by atoms with Crippen LogP contribution in [0.2, 0.25) is 0 Å². The van der Waals surface area contributed by atoms with Gasteiger partial charge in [-0.1, -0.05) is 140 Å². The Morgan fingerprint density at radius 3 is 2.00 bits per heavy atom. The lowest BCUT2D eigenvalue weighted by molar-refractivity contribution is 0.828. The van der Waals surface area contributed by atoms with Gasteiger partial charge < -0.3 is 9.47 Å². The molecule has 0 saturated carbocycles. The SMILES string of the molecule is C1=C(c2ccc3c4ccccc4n(-c4ccccc4)c3c2)CC2C(=C1)c1ccccc1N2c1cc(-c2ccccc2)cc(-c2ccccc2)n1. The zero-order chi connectivity index (χ0) is 33.0. The van der Waals surface area contributed by atoms with Gasteiger partial charge in [0.15, 0.2) is 0 Å². The van der Waals surface area contributed by atoms with Crippen molar-refractivity contribution in [2.75, 3.05) is 4.90 Å². The molecule has 3 heteroatoms. The third kappa shape index (κ3) is 4.62. The summed E-state index contributed by atoms with van der Waals surface area (Å²) >= 11 is 0. The molecule has 0 fully saturated rings. The van der Waals surface area contributed by atoms with E-state index in [1.165, 1.54) is 61.0 Å². The van der Waals surface area contributed by atoms with Crippen molar-refractivity contribution in [3.05, 3.63) is 193 Å². The van der Waals surface area contributed by atoms with Crippen LogP contribution in [0, 0.1) is 0 Å². The Hall–Kier alpha value is -6.45. The number of aromatic nitrogens is 2. The molecule has 0 amide bonds. The van der Waals surface area contributed by atoms with E-state index in [0.717, 1.165) is 29.1 Å². The van der Waals surface area contributed by atoms with Crippen LogP contribution in [0.15, 0.2) is 182 Å². The number of para-hydroxylation sites is 3. The Labute approximate surface area is 291 Å². The molecule has 1 atom stereocenters. The van der Waals surface area contributed by atoms with E-state index < -0.39 is 0 Å². The molecule has 236 valence electrons. The Morgan fingerprint density at radius 1 is 0.500 bits per heavy atom. The van der Waals surface area contributed by atoms with E-state index in [0.29, 0.717) is 0 Å². The molecule has 2 aromatic heterocycles. The van der Waals surface area contributed by atoms with Crippen molar-refractivity contribution in [1.29, 1.82) is 0 Å². The molecule has 0 spiro atoms. The maximum absolute atomic E-state index is 5.39. The second-order valence-electron chi connectivity index (χ2n) is 13.2. The van der Waals surface area contributed by atoms with Gasteiger partial charge in [-0.2, -0.15) is 0 Å². The van der Waals surface area contributed by atoms with E-state index in [1.807, 2.05) is 0 Å². The minimum absolute atomic E-state index is 0.116. The van der Waals surface area contributed by atoms with Gasteiger partial charge in [-0.3, -0.25) is 0 Å². The van der Waals surface area contributed by atoms with Gasteiger partial charge in [0, 0.05) is 27.6 Å². The van der Waals surface area contributed by atoms with E-state index in [1.54, 1.807) is 0 Å². The van der Waals surface area contributed by atoms with Gasteiger partial charge in [-0.25, -0.2) is 4.98 Å². The molecule has 0 saturated heterocycles. The highest BCUT2D eigenvalue weighted by Gasteiger charge is 2.37. The largest absolute Gasteiger partial charge is 0.318 e. The molecule has 1 unspecified atom stereocenters. The first-order chi connectivity index (χ1) is 24.8. The number of pyridine rings is 1. The van der Waals surface area contributed by atoms with Crippen LogP contribution in [0.1, 0.15) is 17.5 Å². The molecule has 1 aliphatic carbocycles. The number of hydrogen-bond acceptors (Lipinski definition) is 2. The van der Waals surface area contributed by atoms with E-state index in [9.17, 15) is 0 Å². The smallest absolute Gasteiger partial charge is 0.134 e. The van der Waals surface area contributed by atoms with Crippen molar-refractivity contribution in [2.24, 2.45) is 0 Å². The molecule has 8 aromatic rings. The summed E-state index contributed by atoms with van der Waals surface area (Å²) < 4.78 is 2.40. The zero-order valence-electron chi connectivity index (χ0n) is 27.4. The van der Waals surface area contributed by atoms with E-state index >= 15 is 0 Å². The van der Waals surface area contributed by atoms with Crippen LogP contribution in [0.4, 0.5) is 11.5 Å². The van der Waals surface area contributed by atoms with Gasteiger partial charge in [-0.05, 0) is 76.7 Å². The summed E-state index contributed by atoms with van der Waals surface area (Å²) in [5.41, 5.74) is 14.5. The second kappa shape index (κ2) is 11.6. The number of anilines is 2. The number of rotatable bonds is 5. The van der Waals surface area contributed by atoms with Crippen molar-refractivity contribution >= 4 is 44.5 Å². The first-order valence-corrected chi connectivity index (χ1v) is 17.3. The summed E-state index contributed by atoms with van der Waals surface area (Å²) in [6, 6.07) is 61.1. The lowest BCUT2D eigenvalue weighted by Gasteiger charge is -2.30. The summed E-state index contributed by atoms with van der Waals surface area (Å²) in [4.78, 5) is 7.86. The molecule has 0 radical (unpaired) electrons. The third-order valence-electron chi connectivity index (χ3n) is 10.3. The van der Waals surface area contributed by atoms with E-state index in [-0.39, 0.29) is 6.04 Å². The number of hydrogen-bond donors (Lipinski definition) is 0. The average molecular weight is 640 g/mol. The van der Waals surface area contributed by atoms with Crippen molar-refractivity contribution in [3.8, 4) is 28.1 Å². The first-order valence-electron chi connectivity index (χ1n) is 17.3. The predicted molar refractivity (Wildman–Crippen MR) is 209 cm³/mol. The monoisotopic (exact) mass is 639 g/mol. The number of allylic oxidation sites excluding steroid dienone is 2. The van der Waals surface area contributed by atoms with Crippen molar-refractivity contribution < 1.29 is 0 Å². The Bertz CT molecular complexity index is 2560. The molecular formula is C47H33N3. The quantitative estimate of drug-likeness (QED) is 0.187.